The predicted octanol–water partition coefficient (Wildman–Crippen LogP) is 2.67. The topological polar surface area (TPSA) is 30.2 Å². The van der Waals surface area contributed by atoms with Crippen molar-refractivity contribution in [3.63, 3.8) is 0 Å². The number of halogens is 1. The second-order valence-electron chi connectivity index (χ2n) is 4.01. The van der Waals surface area contributed by atoms with E-state index in [1.807, 2.05) is 6.20 Å². The third-order valence-corrected chi connectivity index (χ3v) is 2.94. The van der Waals surface area contributed by atoms with E-state index in [0.29, 0.717) is 0 Å². The lowest BCUT2D eigenvalue weighted by Crippen LogP contribution is -2.35. The first kappa shape index (κ1) is 8.94. The van der Waals surface area contributed by atoms with Crippen LogP contribution >= 0.6 is 15.9 Å². The average molecular weight is 242 g/mol. The Morgan fingerprint density at radius 3 is 2.77 bits per heavy atom. The quantitative estimate of drug-likeness (QED) is 0.744. The molecule has 2 rings (SSSR count). The SMILES string of the molecule is CC1(C)CC/C1=N\n1cc(Br)cn1. The number of rotatable bonds is 1. The van der Waals surface area contributed by atoms with E-state index >= 15 is 0 Å². The summed E-state index contributed by atoms with van der Waals surface area (Å²) in [5.41, 5.74) is 1.52. The molecule has 1 aliphatic carbocycles. The Kier molecular flexibility index (Phi) is 2.02. The van der Waals surface area contributed by atoms with Crippen LogP contribution in [0.5, 0.6) is 0 Å². The molecular formula is C9H12BrN3. The first-order valence-electron chi connectivity index (χ1n) is 4.36. The van der Waals surface area contributed by atoms with Gasteiger partial charge >= 0.3 is 0 Å². The van der Waals surface area contributed by atoms with Crippen molar-refractivity contribution >= 4 is 21.6 Å². The summed E-state index contributed by atoms with van der Waals surface area (Å²) < 4.78 is 0.967. The maximum atomic E-state index is 4.43. The van der Waals surface area contributed by atoms with E-state index in [1.54, 1.807) is 11.0 Å². The van der Waals surface area contributed by atoms with Crippen molar-refractivity contribution in [2.24, 2.45) is 10.5 Å². The van der Waals surface area contributed by atoms with E-state index in [4.69, 9.17) is 0 Å². The summed E-state index contributed by atoms with van der Waals surface area (Å²) >= 11 is 3.34. The highest BCUT2D eigenvalue weighted by atomic mass is 79.9. The molecule has 1 aliphatic rings. The minimum Gasteiger partial charge on any atom is -0.160 e. The first-order chi connectivity index (χ1) is 6.08. The second kappa shape index (κ2) is 2.94. The maximum Gasteiger partial charge on any atom is 0.0654 e. The molecule has 0 bridgehead atoms. The molecule has 70 valence electrons. The zero-order chi connectivity index (χ0) is 9.47. The molecule has 0 saturated heterocycles. The van der Waals surface area contributed by atoms with Gasteiger partial charge in [0.2, 0.25) is 0 Å². The first-order valence-corrected chi connectivity index (χ1v) is 5.16. The molecule has 0 aromatic carbocycles. The van der Waals surface area contributed by atoms with Gasteiger partial charge in [0.15, 0.2) is 0 Å². The zero-order valence-electron chi connectivity index (χ0n) is 7.79. The summed E-state index contributed by atoms with van der Waals surface area (Å²) in [6.45, 7) is 4.43. The fourth-order valence-electron chi connectivity index (χ4n) is 1.39. The standard InChI is InChI=1S/C9H12BrN3/c1-9(2)4-3-8(9)12-13-6-7(10)5-11-13/h5-6H,3-4H2,1-2H3/b12-8+. The fraction of sp³-hybridized carbons (Fsp3) is 0.556. The average Bonchev–Trinajstić information content (AvgIpc) is 2.46. The van der Waals surface area contributed by atoms with Gasteiger partial charge in [-0.05, 0) is 28.8 Å². The molecule has 1 saturated carbocycles. The van der Waals surface area contributed by atoms with Crippen LogP contribution in [0.15, 0.2) is 22.0 Å². The van der Waals surface area contributed by atoms with E-state index < -0.39 is 0 Å². The molecule has 3 nitrogen and oxygen atoms in total. The summed E-state index contributed by atoms with van der Waals surface area (Å²) in [5, 5.41) is 8.52. The molecule has 0 unspecified atom stereocenters. The van der Waals surface area contributed by atoms with E-state index in [2.05, 4.69) is 40.0 Å². The van der Waals surface area contributed by atoms with Crippen molar-refractivity contribution < 1.29 is 0 Å². The van der Waals surface area contributed by atoms with E-state index in [1.165, 1.54) is 12.1 Å². The molecule has 0 N–H and O–H groups in total. The smallest absolute Gasteiger partial charge is 0.0654 e. The molecule has 0 spiro atoms. The summed E-state index contributed by atoms with van der Waals surface area (Å²) in [7, 11) is 0. The normalized spacial score (nSPS) is 23.2. The van der Waals surface area contributed by atoms with Crippen LogP contribution in [0.3, 0.4) is 0 Å². The number of hydrogen-bond donors (Lipinski definition) is 0. The van der Waals surface area contributed by atoms with Crippen LogP contribution < -0.4 is 0 Å². The Morgan fingerprint density at radius 1 is 1.62 bits per heavy atom. The van der Waals surface area contributed by atoms with Crippen LogP contribution in [-0.2, 0) is 0 Å². The van der Waals surface area contributed by atoms with Gasteiger partial charge in [0.25, 0.3) is 0 Å². The largest absolute Gasteiger partial charge is 0.160 e. The van der Waals surface area contributed by atoms with Gasteiger partial charge in [-0.1, -0.05) is 13.8 Å². The van der Waals surface area contributed by atoms with Gasteiger partial charge in [-0.25, -0.2) is 0 Å². The lowest BCUT2D eigenvalue weighted by Gasteiger charge is -2.35. The Bertz CT molecular complexity index is 351. The fourth-order valence-corrected chi connectivity index (χ4v) is 1.67. The maximum absolute atomic E-state index is 4.43. The number of nitrogens with zero attached hydrogens (tertiary/aromatic N) is 3. The Labute approximate surface area is 86.0 Å². The number of aromatic nitrogens is 2. The minimum absolute atomic E-state index is 0.276. The van der Waals surface area contributed by atoms with Crippen LogP contribution in [-0.4, -0.2) is 15.6 Å². The van der Waals surface area contributed by atoms with Gasteiger partial charge in [-0.2, -0.15) is 15.0 Å². The number of hydrogen-bond acceptors (Lipinski definition) is 2. The molecule has 0 radical (unpaired) electrons. The molecule has 13 heavy (non-hydrogen) atoms. The third-order valence-electron chi connectivity index (χ3n) is 2.53. The lowest BCUT2D eigenvalue weighted by atomic mass is 9.70. The zero-order valence-corrected chi connectivity index (χ0v) is 9.37. The minimum atomic E-state index is 0.276. The summed E-state index contributed by atoms with van der Waals surface area (Å²) in [6.07, 6.45) is 5.94. The van der Waals surface area contributed by atoms with Crippen molar-refractivity contribution in [2.75, 3.05) is 0 Å². The molecule has 1 aromatic rings. The van der Waals surface area contributed by atoms with Gasteiger partial charge in [0.05, 0.1) is 16.9 Å². The Morgan fingerprint density at radius 2 is 2.38 bits per heavy atom. The van der Waals surface area contributed by atoms with E-state index in [-0.39, 0.29) is 5.41 Å². The van der Waals surface area contributed by atoms with Crippen LogP contribution in [0.2, 0.25) is 0 Å². The van der Waals surface area contributed by atoms with Crippen molar-refractivity contribution in [3.05, 3.63) is 16.9 Å². The van der Waals surface area contributed by atoms with E-state index in [9.17, 15) is 0 Å². The molecule has 0 amide bonds. The predicted molar refractivity (Wildman–Crippen MR) is 55.8 cm³/mol. The van der Waals surface area contributed by atoms with Gasteiger partial charge in [0, 0.05) is 11.1 Å². The Balaban J connectivity index is 2.21. The molecule has 0 atom stereocenters. The van der Waals surface area contributed by atoms with Crippen LogP contribution in [0.4, 0.5) is 0 Å². The van der Waals surface area contributed by atoms with Gasteiger partial charge in [-0.3, -0.25) is 0 Å². The second-order valence-corrected chi connectivity index (χ2v) is 4.93. The molecule has 4 heteroatoms. The molecule has 1 aromatic heterocycles. The third kappa shape index (κ3) is 1.68. The molecule has 1 heterocycles. The highest BCUT2D eigenvalue weighted by Crippen LogP contribution is 2.36. The lowest BCUT2D eigenvalue weighted by molar-refractivity contribution is 0.401. The molecular weight excluding hydrogens is 230 g/mol. The van der Waals surface area contributed by atoms with Gasteiger partial charge in [0.1, 0.15) is 0 Å². The monoisotopic (exact) mass is 241 g/mol. The van der Waals surface area contributed by atoms with Crippen molar-refractivity contribution in [1.82, 2.24) is 9.89 Å². The van der Waals surface area contributed by atoms with Crippen LogP contribution in [0, 0.1) is 5.41 Å². The summed E-state index contributed by atoms with van der Waals surface area (Å²) in [5.74, 6) is 0. The molecule has 1 fully saturated rings. The van der Waals surface area contributed by atoms with Gasteiger partial charge < -0.3 is 0 Å². The van der Waals surface area contributed by atoms with Crippen molar-refractivity contribution in [3.8, 4) is 0 Å². The highest BCUT2D eigenvalue weighted by Gasteiger charge is 2.34. The Hall–Kier alpha value is -0.640. The van der Waals surface area contributed by atoms with Crippen molar-refractivity contribution in [1.29, 1.82) is 0 Å². The van der Waals surface area contributed by atoms with Crippen molar-refractivity contribution in [2.45, 2.75) is 26.7 Å². The summed E-state index contributed by atoms with van der Waals surface area (Å²) in [4.78, 5) is 1.63. The van der Waals surface area contributed by atoms with Crippen LogP contribution in [0.1, 0.15) is 26.7 Å². The molecule has 0 aliphatic heterocycles. The summed E-state index contributed by atoms with van der Waals surface area (Å²) in [6, 6.07) is 0. The van der Waals surface area contributed by atoms with Gasteiger partial charge in [-0.15, -0.1) is 0 Å². The highest BCUT2D eigenvalue weighted by molar-refractivity contribution is 9.10. The van der Waals surface area contributed by atoms with E-state index in [0.717, 1.165) is 10.9 Å². The van der Waals surface area contributed by atoms with Crippen LogP contribution in [0.25, 0.3) is 0 Å².